The molecule has 0 spiro atoms. The zero-order valence-electron chi connectivity index (χ0n) is 6.02. The summed E-state index contributed by atoms with van der Waals surface area (Å²) in [6, 6.07) is 0. The van der Waals surface area contributed by atoms with Crippen LogP contribution >= 0.6 is 11.6 Å². The maximum absolute atomic E-state index is 10.8. The standard InChI is InChI=1S/C7H11ClO2/c1-2-10-7(6(8)9)4-3-5-7/h2-5H2,1H3. The van der Waals surface area contributed by atoms with Gasteiger partial charge in [0.15, 0.2) is 0 Å². The van der Waals surface area contributed by atoms with Crippen molar-refractivity contribution in [3.63, 3.8) is 0 Å². The van der Waals surface area contributed by atoms with E-state index in [0.29, 0.717) is 6.61 Å². The Kier molecular flexibility index (Phi) is 2.32. The van der Waals surface area contributed by atoms with Gasteiger partial charge in [-0.15, -0.1) is 0 Å². The lowest BCUT2D eigenvalue weighted by atomic mass is 9.81. The summed E-state index contributed by atoms with van der Waals surface area (Å²) in [7, 11) is 0. The van der Waals surface area contributed by atoms with Crippen LogP contribution in [0.2, 0.25) is 0 Å². The largest absolute Gasteiger partial charge is 0.366 e. The molecule has 0 aliphatic heterocycles. The van der Waals surface area contributed by atoms with Gasteiger partial charge in [-0.1, -0.05) is 0 Å². The Morgan fingerprint density at radius 1 is 1.70 bits per heavy atom. The van der Waals surface area contributed by atoms with E-state index >= 15 is 0 Å². The van der Waals surface area contributed by atoms with Crippen molar-refractivity contribution >= 4 is 16.8 Å². The molecular weight excluding hydrogens is 152 g/mol. The molecule has 1 aliphatic carbocycles. The number of rotatable bonds is 3. The second-order valence-electron chi connectivity index (χ2n) is 2.55. The molecule has 0 N–H and O–H groups in total. The minimum Gasteiger partial charge on any atom is -0.366 e. The van der Waals surface area contributed by atoms with Crippen molar-refractivity contribution in [1.82, 2.24) is 0 Å². The van der Waals surface area contributed by atoms with Crippen LogP contribution < -0.4 is 0 Å². The van der Waals surface area contributed by atoms with E-state index in [9.17, 15) is 4.79 Å². The Hall–Kier alpha value is -0.0800. The maximum Gasteiger partial charge on any atom is 0.253 e. The first kappa shape index (κ1) is 8.02. The quantitative estimate of drug-likeness (QED) is 0.591. The Morgan fingerprint density at radius 2 is 2.30 bits per heavy atom. The van der Waals surface area contributed by atoms with Crippen LogP contribution in [-0.4, -0.2) is 17.5 Å². The van der Waals surface area contributed by atoms with E-state index in [4.69, 9.17) is 16.3 Å². The van der Waals surface area contributed by atoms with Gasteiger partial charge in [0, 0.05) is 6.61 Å². The van der Waals surface area contributed by atoms with Crippen molar-refractivity contribution in [3.8, 4) is 0 Å². The first-order valence-corrected chi connectivity index (χ1v) is 3.93. The SMILES string of the molecule is CCOC1(C(=O)Cl)CCC1. The second-order valence-corrected chi connectivity index (χ2v) is 2.90. The highest BCUT2D eigenvalue weighted by atomic mass is 35.5. The molecule has 1 rings (SSSR count). The lowest BCUT2D eigenvalue weighted by Gasteiger charge is -2.37. The Bertz CT molecular complexity index is 141. The molecule has 0 amide bonds. The number of halogens is 1. The van der Waals surface area contributed by atoms with Crippen molar-refractivity contribution < 1.29 is 9.53 Å². The molecule has 1 fully saturated rings. The van der Waals surface area contributed by atoms with Crippen LogP contribution in [0.1, 0.15) is 26.2 Å². The zero-order valence-corrected chi connectivity index (χ0v) is 6.78. The van der Waals surface area contributed by atoms with Crippen LogP contribution in [0.15, 0.2) is 0 Å². The van der Waals surface area contributed by atoms with Crippen molar-refractivity contribution in [2.24, 2.45) is 0 Å². The molecule has 0 saturated heterocycles. The molecule has 0 unspecified atom stereocenters. The van der Waals surface area contributed by atoms with Crippen LogP contribution in [0, 0.1) is 0 Å². The normalized spacial score (nSPS) is 21.8. The van der Waals surface area contributed by atoms with E-state index in [2.05, 4.69) is 0 Å². The van der Waals surface area contributed by atoms with E-state index < -0.39 is 5.60 Å². The first-order valence-electron chi connectivity index (χ1n) is 3.55. The minimum atomic E-state index is -0.601. The number of hydrogen-bond donors (Lipinski definition) is 0. The number of ether oxygens (including phenoxy) is 1. The third-order valence-electron chi connectivity index (χ3n) is 1.94. The van der Waals surface area contributed by atoms with E-state index in [-0.39, 0.29) is 5.24 Å². The average molecular weight is 163 g/mol. The zero-order chi connectivity index (χ0) is 7.61. The predicted molar refractivity (Wildman–Crippen MR) is 39.1 cm³/mol. The van der Waals surface area contributed by atoms with Crippen LogP contribution in [0.4, 0.5) is 0 Å². The maximum atomic E-state index is 10.8. The first-order chi connectivity index (χ1) is 4.71. The molecule has 2 nitrogen and oxygen atoms in total. The van der Waals surface area contributed by atoms with Crippen LogP contribution in [0.5, 0.6) is 0 Å². The van der Waals surface area contributed by atoms with Gasteiger partial charge < -0.3 is 4.74 Å². The molecule has 0 heterocycles. The summed E-state index contributed by atoms with van der Waals surface area (Å²) in [5.41, 5.74) is -0.601. The molecule has 0 aromatic heterocycles. The molecule has 3 heteroatoms. The van der Waals surface area contributed by atoms with E-state index in [1.807, 2.05) is 6.92 Å². The highest BCUT2D eigenvalue weighted by Crippen LogP contribution is 2.37. The molecule has 0 aromatic carbocycles. The van der Waals surface area contributed by atoms with Gasteiger partial charge in [0.1, 0.15) is 5.60 Å². The fraction of sp³-hybridized carbons (Fsp3) is 0.857. The summed E-state index contributed by atoms with van der Waals surface area (Å²) in [5, 5.41) is -0.333. The van der Waals surface area contributed by atoms with Gasteiger partial charge in [0.2, 0.25) is 0 Å². The third-order valence-corrected chi connectivity index (χ3v) is 2.28. The van der Waals surface area contributed by atoms with Crippen molar-refractivity contribution in [3.05, 3.63) is 0 Å². The molecule has 10 heavy (non-hydrogen) atoms. The van der Waals surface area contributed by atoms with Gasteiger partial charge in [-0.2, -0.15) is 0 Å². The average Bonchev–Trinajstić information content (AvgIpc) is 1.77. The summed E-state index contributed by atoms with van der Waals surface area (Å²) < 4.78 is 5.25. The van der Waals surface area contributed by atoms with Crippen LogP contribution in [0.3, 0.4) is 0 Å². The fourth-order valence-electron chi connectivity index (χ4n) is 1.17. The molecule has 1 aliphatic rings. The lowest BCUT2D eigenvalue weighted by Crippen LogP contribution is -2.45. The molecule has 1 saturated carbocycles. The summed E-state index contributed by atoms with van der Waals surface area (Å²) >= 11 is 5.35. The van der Waals surface area contributed by atoms with E-state index in [1.165, 1.54) is 0 Å². The van der Waals surface area contributed by atoms with Gasteiger partial charge in [-0.25, -0.2) is 0 Å². The Morgan fingerprint density at radius 3 is 2.40 bits per heavy atom. The molecule has 0 atom stereocenters. The monoisotopic (exact) mass is 162 g/mol. The summed E-state index contributed by atoms with van der Waals surface area (Å²) in [6.07, 6.45) is 2.64. The second kappa shape index (κ2) is 2.89. The van der Waals surface area contributed by atoms with Gasteiger partial charge in [0.05, 0.1) is 0 Å². The number of carbonyl (C=O) groups excluding carboxylic acids is 1. The van der Waals surface area contributed by atoms with Crippen LogP contribution in [-0.2, 0) is 9.53 Å². The summed E-state index contributed by atoms with van der Waals surface area (Å²) in [4.78, 5) is 10.8. The molecule has 0 bridgehead atoms. The van der Waals surface area contributed by atoms with E-state index in [1.54, 1.807) is 0 Å². The van der Waals surface area contributed by atoms with Crippen molar-refractivity contribution in [2.75, 3.05) is 6.61 Å². The lowest BCUT2D eigenvalue weighted by molar-refractivity contribution is -0.147. The fourth-order valence-corrected chi connectivity index (χ4v) is 1.42. The Balaban J connectivity index is 2.50. The molecular formula is C7H11ClO2. The number of hydrogen-bond acceptors (Lipinski definition) is 2. The Labute approximate surface area is 65.5 Å². The molecule has 0 aromatic rings. The van der Waals surface area contributed by atoms with Crippen LogP contribution in [0.25, 0.3) is 0 Å². The summed E-state index contributed by atoms with van der Waals surface area (Å²) in [6.45, 7) is 2.44. The topological polar surface area (TPSA) is 26.3 Å². The number of carbonyl (C=O) groups is 1. The van der Waals surface area contributed by atoms with Gasteiger partial charge in [-0.3, -0.25) is 4.79 Å². The highest BCUT2D eigenvalue weighted by Gasteiger charge is 2.43. The smallest absolute Gasteiger partial charge is 0.253 e. The minimum absolute atomic E-state index is 0.333. The third kappa shape index (κ3) is 1.18. The van der Waals surface area contributed by atoms with Gasteiger partial charge in [0.25, 0.3) is 5.24 Å². The summed E-state index contributed by atoms with van der Waals surface area (Å²) in [5.74, 6) is 0. The van der Waals surface area contributed by atoms with Crippen molar-refractivity contribution in [2.45, 2.75) is 31.8 Å². The molecule has 58 valence electrons. The van der Waals surface area contributed by atoms with E-state index in [0.717, 1.165) is 19.3 Å². The molecule has 0 radical (unpaired) electrons. The van der Waals surface area contributed by atoms with Gasteiger partial charge in [-0.05, 0) is 37.8 Å². The van der Waals surface area contributed by atoms with Crippen molar-refractivity contribution in [1.29, 1.82) is 0 Å². The highest BCUT2D eigenvalue weighted by molar-refractivity contribution is 6.65. The predicted octanol–water partition coefficient (Wildman–Crippen LogP) is 1.71. The van der Waals surface area contributed by atoms with Gasteiger partial charge >= 0.3 is 0 Å².